The van der Waals surface area contributed by atoms with Gasteiger partial charge in [-0.15, -0.1) is 11.8 Å². The van der Waals surface area contributed by atoms with Crippen LogP contribution in [-0.2, 0) is 17.1 Å². The van der Waals surface area contributed by atoms with E-state index in [9.17, 15) is 4.79 Å². The second kappa shape index (κ2) is 10.1. The molecule has 8 heteroatoms. The summed E-state index contributed by atoms with van der Waals surface area (Å²) < 4.78 is 16.8. The summed E-state index contributed by atoms with van der Waals surface area (Å²) in [5.74, 6) is 4.44. The highest BCUT2D eigenvalue weighted by Gasteiger charge is 2.24. The third-order valence-electron chi connectivity index (χ3n) is 6.34. The van der Waals surface area contributed by atoms with E-state index in [0.717, 1.165) is 61.2 Å². The predicted octanol–water partition coefficient (Wildman–Crippen LogP) is 2.85. The molecule has 1 saturated heterocycles. The van der Waals surface area contributed by atoms with Gasteiger partial charge in [0.15, 0.2) is 11.5 Å². The van der Waals surface area contributed by atoms with Gasteiger partial charge in [0.2, 0.25) is 18.6 Å². The summed E-state index contributed by atoms with van der Waals surface area (Å²) in [5, 5.41) is 0. The van der Waals surface area contributed by atoms with E-state index in [1.54, 1.807) is 11.8 Å². The first kappa shape index (κ1) is 22.8. The molecule has 0 bridgehead atoms. The molecule has 2 aromatic carbocycles. The molecule has 0 spiro atoms. The summed E-state index contributed by atoms with van der Waals surface area (Å²) in [6.45, 7) is 8.71. The van der Waals surface area contributed by atoms with Crippen molar-refractivity contribution >= 4 is 17.7 Å². The van der Waals surface area contributed by atoms with Gasteiger partial charge in [-0.25, -0.2) is 4.98 Å². The lowest BCUT2D eigenvalue weighted by Crippen LogP contribution is -3.13. The Bertz CT molecular complexity index is 1170. The zero-order chi connectivity index (χ0) is 23.5. The van der Waals surface area contributed by atoms with E-state index >= 15 is 0 Å². The third kappa shape index (κ3) is 5.23. The van der Waals surface area contributed by atoms with Crippen molar-refractivity contribution in [3.8, 4) is 23.0 Å². The molecule has 5 rings (SSSR count). The summed E-state index contributed by atoms with van der Waals surface area (Å²) >= 11 is 1.60. The molecule has 1 amide bonds. The van der Waals surface area contributed by atoms with Gasteiger partial charge in [-0.2, -0.15) is 0 Å². The zero-order valence-electron chi connectivity index (χ0n) is 19.6. The van der Waals surface area contributed by atoms with Gasteiger partial charge < -0.3 is 23.7 Å². The first-order valence-corrected chi connectivity index (χ1v) is 12.8. The van der Waals surface area contributed by atoms with Crippen LogP contribution >= 0.6 is 11.8 Å². The van der Waals surface area contributed by atoms with Crippen molar-refractivity contribution in [3.05, 3.63) is 65.0 Å². The standard InChI is InChI=1S/C26H29N3O4S/c1-18-4-3-5-21(12-18)26-27-22(19(2)33-26)15-34-16-25(30)29-10-8-28(9-11-29)14-20-6-7-23-24(13-20)32-17-31-23/h3-7,12-13H,8-11,14-17H2,1-2H3/p+1. The molecule has 178 valence electrons. The second-order valence-electron chi connectivity index (χ2n) is 8.88. The van der Waals surface area contributed by atoms with Gasteiger partial charge in [-0.3, -0.25) is 4.79 Å². The Kier molecular flexibility index (Phi) is 6.78. The average molecular weight is 481 g/mol. The average Bonchev–Trinajstić information content (AvgIpc) is 3.46. The molecule has 1 aromatic heterocycles. The molecule has 2 aliphatic heterocycles. The molecule has 7 nitrogen and oxygen atoms in total. The summed E-state index contributed by atoms with van der Waals surface area (Å²) in [6, 6.07) is 14.3. The molecular weight excluding hydrogens is 450 g/mol. The topological polar surface area (TPSA) is 69.2 Å². The number of rotatable bonds is 7. The quantitative estimate of drug-likeness (QED) is 0.561. The van der Waals surface area contributed by atoms with E-state index in [-0.39, 0.29) is 5.91 Å². The largest absolute Gasteiger partial charge is 0.454 e. The number of aryl methyl sites for hydroxylation is 2. The van der Waals surface area contributed by atoms with Crippen molar-refractivity contribution in [1.29, 1.82) is 0 Å². The maximum atomic E-state index is 12.8. The summed E-state index contributed by atoms with van der Waals surface area (Å²) in [5.41, 5.74) is 4.30. The van der Waals surface area contributed by atoms with Crippen LogP contribution in [0.1, 0.15) is 22.6 Å². The molecule has 2 aliphatic rings. The number of aromatic nitrogens is 1. The number of benzene rings is 2. The number of quaternary nitrogens is 1. The van der Waals surface area contributed by atoms with Crippen LogP contribution in [0.2, 0.25) is 0 Å². The molecule has 0 atom stereocenters. The lowest BCUT2D eigenvalue weighted by atomic mass is 10.1. The fraction of sp³-hybridized carbons (Fsp3) is 0.385. The number of hydrogen-bond donors (Lipinski definition) is 1. The number of carbonyl (C=O) groups is 1. The van der Waals surface area contributed by atoms with Crippen LogP contribution in [0.4, 0.5) is 0 Å². The second-order valence-corrected chi connectivity index (χ2v) is 9.86. The van der Waals surface area contributed by atoms with Gasteiger partial charge >= 0.3 is 0 Å². The van der Waals surface area contributed by atoms with Crippen LogP contribution in [0.15, 0.2) is 46.9 Å². The molecule has 3 heterocycles. The number of ether oxygens (including phenoxy) is 2. The van der Waals surface area contributed by atoms with Crippen molar-refractivity contribution in [2.45, 2.75) is 26.1 Å². The number of hydrogen-bond acceptors (Lipinski definition) is 6. The minimum absolute atomic E-state index is 0.201. The van der Waals surface area contributed by atoms with Crippen LogP contribution in [0.3, 0.4) is 0 Å². The Morgan fingerprint density at radius 2 is 1.91 bits per heavy atom. The summed E-state index contributed by atoms with van der Waals surface area (Å²) in [7, 11) is 0. The minimum atomic E-state index is 0.201. The lowest BCUT2D eigenvalue weighted by molar-refractivity contribution is -0.917. The highest BCUT2D eigenvalue weighted by atomic mass is 32.2. The SMILES string of the molecule is Cc1cccc(-c2nc(CSCC(=O)N3CC[NH+](Cc4ccc5c(c4)OCO5)CC3)c(C)o2)c1. The van der Waals surface area contributed by atoms with Crippen molar-refractivity contribution < 1.29 is 23.6 Å². The first-order chi connectivity index (χ1) is 16.5. The maximum Gasteiger partial charge on any atom is 0.232 e. The van der Waals surface area contributed by atoms with E-state index in [0.29, 0.717) is 24.2 Å². The van der Waals surface area contributed by atoms with Crippen LogP contribution < -0.4 is 14.4 Å². The van der Waals surface area contributed by atoms with Gasteiger partial charge in [0.25, 0.3) is 0 Å². The lowest BCUT2D eigenvalue weighted by Gasteiger charge is -2.32. The van der Waals surface area contributed by atoms with Gasteiger partial charge in [0.1, 0.15) is 12.3 Å². The summed E-state index contributed by atoms with van der Waals surface area (Å²) in [6.07, 6.45) is 0. The Hall–Kier alpha value is -2.97. The number of nitrogens with zero attached hydrogens (tertiary/aromatic N) is 2. The zero-order valence-corrected chi connectivity index (χ0v) is 20.5. The van der Waals surface area contributed by atoms with E-state index in [1.807, 2.05) is 30.0 Å². The fourth-order valence-electron chi connectivity index (χ4n) is 4.38. The number of piperazine rings is 1. The van der Waals surface area contributed by atoms with Gasteiger partial charge in [0, 0.05) is 16.9 Å². The third-order valence-corrected chi connectivity index (χ3v) is 7.27. The van der Waals surface area contributed by atoms with Crippen molar-refractivity contribution in [3.63, 3.8) is 0 Å². The number of nitrogens with one attached hydrogen (secondary N) is 1. The molecule has 0 unspecified atom stereocenters. The van der Waals surface area contributed by atoms with E-state index in [1.165, 1.54) is 16.0 Å². The normalized spacial score (nSPS) is 15.6. The van der Waals surface area contributed by atoms with Crippen LogP contribution in [-0.4, -0.2) is 54.5 Å². The van der Waals surface area contributed by atoms with Crippen LogP contribution in [0.25, 0.3) is 11.5 Å². The smallest absolute Gasteiger partial charge is 0.232 e. The number of carbonyl (C=O) groups excluding carboxylic acids is 1. The number of amides is 1. The molecule has 0 radical (unpaired) electrons. The maximum absolute atomic E-state index is 12.8. The number of fused-ring (bicyclic) bond motifs is 1. The van der Waals surface area contributed by atoms with Gasteiger partial charge in [0.05, 0.1) is 37.6 Å². The molecule has 0 aliphatic carbocycles. The minimum Gasteiger partial charge on any atom is -0.454 e. The Morgan fingerprint density at radius 3 is 2.74 bits per heavy atom. The van der Waals surface area contributed by atoms with E-state index in [2.05, 4.69) is 36.2 Å². The Labute approximate surface area is 204 Å². The van der Waals surface area contributed by atoms with Crippen molar-refractivity contribution in [1.82, 2.24) is 9.88 Å². The van der Waals surface area contributed by atoms with Crippen LogP contribution in [0.5, 0.6) is 11.5 Å². The Balaban J connectivity index is 1.07. The number of oxazole rings is 1. The van der Waals surface area contributed by atoms with E-state index < -0.39 is 0 Å². The molecule has 0 saturated carbocycles. The molecule has 34 heavy (non-hydrogen) atoms. The van der Waals surface area contributed by atoms with Crippen molar-refractivity contribution in [2.75, 3.05) is 38.7 Å². The van der Waals surface area contributed by atoms with Gasteiger partial charge in [-0.1, -0.05) is 17.7 Å². The Morgan fingerprint density at radius 1 is 1.09 bits per heavy atom. The molecule has 1 fully saturated rings. The molecule has 3 aromatic rings. The van der Waals surface area contributed by atoms with Crippen LogP contribution in [0, 0.1) is 13.8 Å². The highest BCUT2D eigenvalue weighted by Crippen LogP contribution is 2.32. The van der Waals surface area contributed by atoms with E-state index in [4.69, 9.17) is 13.9 Å². The predicted molar refractivity (Wildman–Crippen MR) is 131 cm³/mol. The van der Waals surface area contributed by atoms with Gasteiger partial charge in [-0.05, 0) is 44.2 Å². The molecular formula is C26H30N3O4S+. The monoisotopic (exact) mass is 480 g/mol. The number of thioether (sulfide) groups is 1. The fourth-order valence-corrected chi connectivity index (χ4v) is 5.30. The highest BCUT2D eigenvalue weighted by molar-refractivity contribution is 7.99. The van der Waals surface area contributed by atoms with Crippen molar-refractivity contribution in [2.24, 2.45) is 0 Å². The molecule has 1 N–H and O–H groups in total. The summed E-state index contributed by atoms with van der Waals surface area (Å²) in [4.78, 5) is 20.9. The first-order valence-electron chi connectivity index (χ1n) is 11.7.